The summed E-state index contributed by atoms with van der Waals surface area (Å²) in [5, 5.41) is 6.85. The lowest BCUT2D eigenvalue weighted by Crippen LogP contribution is -2.53. The summed E-state index contributed by atoms with van der Waals surface area (Å²) in [5.74, 6) is 2.60. The van der Waals surface area contributed by atoms with Gasteiger partial charge < -0.3 is 15.5 Å². The highest BCUT2D eigenvalue weighted by atomic mass is 15.3. The van der Waals surface area contributed by atoms with E-state index in [-0.39, 0.29) is 0 Å². The van der Waals surface area contributed by atoms with Gasteiger partial charge in [0.05, 0.1) is 6.54 Å². The maximum absolute atomic E-state index is 4.70. The van der Waals surface area contributed by atoms with E-state index in [9.17, 15) is 0 Å². The molecule has 0 radical (unpaired) electrons. The monoisotopic (exact) mass is 259 g/mol. The molecule has 1 aromatic rings. The van der Waals surface area contributed by atoms with Crippen LogP contribution in [-0.4, -0.2) is 43.4 Å². The fraction of sp³-hybridized carbons (Fsp3) is 0.571. The van der Waals surface area contributed by atoms with Crippen molar-refractivity contribution in [2.24, 2.45) is 10.9 Å². The lowest BCUT2D eigenvalue weighted by molar-refractivity contribution is 0.367. The van der Waals surface area contributed by atoms with E-state index in [0.717, 1.165) is 43.5 Å². The van der Waals surface area contributed by atoms with Crippen LogP contribution < -0.4 is 15.5 Å². The molecule has 0 aliphatic carbocycles. The summed E-state index contributed by atoms with van der Waals surface area (Å²) in [6.07, 6.45) is 1.88. The number of fused-ring (bicyclic) bond motifs is 1. The van der Waals surface area contributed by atoms with Gasteiger partial charge in [-0.3, -0.25) is 4.99 Å². The zero-order valence-electron chi connectivity index (χ0n) is 11.6. The molecule has 0 spiro atoms. The Kier molecular flexibility index (Phi) is 3.38. The summed E-state index contributed by atoms with van der Waals surface area (Å²) in [4.78, 5) is 11.4. The largest absolute Gasteiger partial charge is 0.363 e. The number of aliphatic imine (C=N–C) groups is 1. The topological polar surface area (TPSA) is 52.6 Å². The average molecular weight is 259 g/mol. The molecule has 2 N–H and O–H groups in total. The highest BCUT2D eigenvalue weighted by molar-refractivity contribution is 5.79. The van der Waals surface area contributed by atoms with E-state index in [1.165, 1.54) is 0 Å². The summed E-state index contributed by atoms with van der Waals surface area (Å²) >= 11 is 0. The minimum absolute atomic E-state index is 0.539. The van der Waals surface area contributed by atoms with Crippen molar-refractivity contribution in [1.82, 2.24) is 10.3 Å². The van der Waals surface area contributed by atoms with Crippen LogP contribution in [0.15, 0.2) is 17.1 Å². The molecule has 0 bridgehead atoms. The Labute approximate surface area is 114 Å². The van der Waals surface area contributed by atoms with Crippen LogP contribution in [0.3, 0.4) is 0 Å². The maximum atomic E-state index is 4.70. The molecule has 0 saturated carbocycles. The van der Waals surface area contributed by atoms with Crippen molar-refractivity contribution in [2.45, 2.75) is 19.9 Å². The molecule has 3 heterocycles. The van der Waals surface area contributed by atoms with Crippen molar-refractivity contribution < 1.29 is 0 Å². The number of piperazine rings is 1. The average Bonchev–Trinajstić information content (AvgIpc) is 2.47. The van der Waals surface area contributed by atoms with Gasteiger partial charge in [0.15, 0.2) is 5.82 Å². The summed E-state index contributed by atoms with van der Waals surface area (Å²) in [7, 11) is 0. The molecule has 2 aliphatic rings. The summed E-state index contributed by atoms with van der Waals surface area (Å²) in [6, 6.07) is 4.66. The normalized spacial score (nSPS) is 22.3. The van der Waals surface area contributed by atoms with Gasteiger partial charge in [0, 0.05) is 31.9 Å². The molecule has 19 heavy (non-hydrogen) atoms. The Morgan fingerprint density at radius 2 is 2.26 bits per heavy atom. The molecule has 3 rings (SSSR count). The Morgan fingerprint density at radius 3 is 3.11 bits per heavy atom. The molecule has 1 saturated heterocycles. The maximum Gasteiger partial charge on any atom is 0.154 e. The number of hydrogen-bond acceptors (Lipinski definition) is 5. The molecule has 2 aliphatic heterocycles. The molecule has 1 unspecified atom stereocenters. The van der Waals surface area contributed by atoms with Crippen LogP contribution in [0.4, 0.5) is 17.3 Å². The Morgan fingerprint density at radius 1 is 1.37 bits per heavy atom. The van der Waals surface area contributed by atoms with Crippen LogP contribution in [0.25, 0.3) is 0 Å². The van der Waals surface area contributed by atoms with Crippen molar-refractivity contribution in [3.8, 4) is 0 Å². The van der Waals surface area contributed by atoms with Crippen LogP contribution in [0.2, 0.25) is 0 Å². The fourth-order valence-corrected chi connectivity index (χ4v) is 2.57. The SMILES string of the molecule is CC(C)C1CN(c2ccc3c(n2)NCC=N3)CCN1. The van der Waals surface area contributed by atoms with Crippen LogP contribution in [-0.2, 0) is 0 Å². The van der Waals surface area contributed by atoms with E-state index in [2.05, 4.69) is 40.4 Å². The number of hydrogen-bond donors (Lipinski definition) is 2. The molecular weight excluding hydrogens is 238 g/mol. The second kappa shape index (κ2) is 5.17. The molecule has 1 fully saturated rings. The summed E-state index contributed by atoms with van der Waals surface area (Å²) in [6.45, 7) is 8.34. The number of pyridine rings is 1. The van der Waals surface area contributed by atoms with Crippen LogP contribution >= 0.6 is 0 Å². The number of anilines is 2. The molecule has 0 amide bonds. The zero-order valence-corrected chi connectivity index (χ0v) is 11.6. The van der Waals surface area contributed by atoms with Gasteiger partial charge in [-0.25, -0.2) is 4.98 Å². The van der Waals surface area contributed by atoms with E-state index in [0.29, 0.717) is 12.0 Å². The van der Waals surface area contributed by atoms with Gasteiger partial charge in [-0.2, -0.15) is 0 Å². The zero-order chi connectivity index (χ0) is 13.2. The predicted molar refractivity (Wildman–Crippen MR) is 79.7 cm³/mol. The lowest BCUT2D eigenvalue weighted by atomic mass is 10.0. The first-order valence-electron chi connectivity index (χ1n) is 7.00. The number of nitrogens with zero attached hydrogens (tertiary/aromatic N) is 3. The third-order valence-electron chi connectivity index (χ3n) is 3.78. The van der Waals surface area contributed by atoms with Crippen molar-refractivity contribution in [3.05, 3.63) is 12.1 Å². The van der Waals surface area contributed by atoms with Gasteiger partial charge in [0.25, 0.3) is 0 Å². The number of rotatable bonds is 2. The predicted octanol–water partition coefficient (Wildman–Crippen LogP) is 1.64. The smallest absolute Gasteiger partial charge is 0.154 e. The molecular formula is C14H21N5. The molecule has 5 heteroatoms. The van der Waals surface area contributed by atoms with E-state index in [4.69, 9.17) is 4.98 Å². The van der Waals surface area contributed by atoms with Crippen molar-refractivity contribution in [2.75, 3.05) is 36.4 Å². The Bertz CT molecular complexity index is 483. The Hall–Kier alpha value is -1.62. The van der Waals surface area contributed by atoms with E-state index in [1.54, 1.807) is 0 Å². The third kappa shape index (κ3) is 2.56. The van der Waals surface area contributed by atoms with Crippen LogP contribution in [0.5, 0.6) is 0 Å². The van der Waals surface area contributed by atoms with Gasteiger partial charge >= 0.3 is 0 Å². The van der Waals surface area contributed by atoms with Gasteiger partial charge in [0.1, 0.15) is 11.5 Å². The number of aromatic nitrogens is 1. The number of nitrogens with one attached hydrogen (secondary N) is 2. The van der Waals surface area contributed by atoms with Gasteiger partial charge in [0.2, 0.25) is 0 Å². The highest BCUT2D eigenvalue weighted by Gasteiger charge is 2.23. The Balaban J connectivity index is 1.80. The molecule has 1 atom stereocenters. The van der Waals surface area contributed by atoms with E-state index < -0.39 is 0 Å². The van der Waals surface area contributed by atoms with E-state index in [1.807, 2.05) is 12.3 Å². The van der Waals surface area contributed by atoms with Gasteiger partial charge in [-0.15, -0.1) is 0 Å². The van der Waals surface area contributed by atoms with E-state index >= 15 is 0 Å². The van der Waals surface area contributed by atoms with Crippen LogP contribution in [0, 0.1) is 5.92 Å². The first-order chi connectivity index (χ1) is 9.24. The fourth-order valence-electron chi connectivity index (χ4n) is 2.57. The summed E-state index contributed by atoms with van der Waals surface area (Å²) < 4.78 is 0. The molecule has 102 valence electrons. The standard InChI is InChI=1S/C14H21N5/c1-10(2)12-9-19(8-7-16-12)13-4-3-11-14(18-13)17-6-5-15-11/h3-5,10,12,16H,6-9H2,1-2H3,(H,17,18). The second-order valence-electron chi connectivity index (χ2n) is 5.48. The van der Waals surface area contributed by atoms with Crippen molar-refractivity contribution >= 4 is 23.5 Å². The lowest BCUT2D eigenvalue weighted by Gasteiger charge is -2.36. The highest BCUT2D eigenvalue weighted by Crippen LogP contribution is 2.28. The first kappa shape index (κ1) is 12.4. The van der Waals surface area contributed by atoms with Gasteiger partial charge in [-0.05, 0) is 18.1 Å². The first-order valence-corrected chi connectivity index (χ1v) is 7.00. The second-order valence-corrected chi connectivity index (χ2v) is 5.48. The minimum Gasteiger partial charge on any atom is -0.363 e. The van der Waals surface area contributed by atoms with Gasteiger partial charge in [-0.1, -0.05) is 13.8 Å². The van der Waals surface area contributed by atoms with Crippen molar-refractivity contribution in [1.29, 1.82) is 0 Å². The molecule has 0 aromatic carbocycles. The molecule has 5 nitrogen and oxygen atoms in total. The van der Waals surface area contributed by atoms with Crippen molar-refractivity contribution in [3.63, 3.8) is 0 Å². The third-order valence-corrected chi connectivity index (χ3v) is 3.78. The summed E-state index contributed by atoms with van der Waals surface area (Å²) in [5.41, 5.74) is 0.936. The minimum atomic E-state index is 0.539. The quantitative estimate of drug-likeness (QED) is 0.848. The van der Waals surface area contributed by atoms with Crippen LogP contribution in [0.1, 0.15) is 13.8 Å². The molecule has 1 aromatic heterocycles.